The normalized spacial score (nSPS) is 19.8. The molecule has 1 aliphatic rings. The van der Waals surface area contributed by atoms with Crippen LogP contribution in [0.25, 0.3) is 0 Å². The summed E-state index contributed by atoms with van der Waals surface area (Å²) < 4.78 is 48.0. The van der Waals surface area contributed by atoms with Gasteiger partial charge in [0.05, 0.1) is 12.6 Å². The van der Waals surface area contributed by atoms with E-state index in [-0.39, 0.29) is 11.9 Å². The van der Waals surface area contributed by atoms with Crippen molar-refractivity contribution in [1.29, 1.82) is 0 Å². The zero-order valence-electron chi connectivity index (χ0n) is 13.2. The van der Waals surface area contributed by atoms with E-state index in [0.717, 1.165) is 25.8 Å². The van der Waals surface area contributed by atoms with Gasteiger partial charge in [0.1, 0.15) is 6.42 Å². The summed E-state index contributed by atoms with van der Waals surface area (Å²) in [6.07, 6.45) is -2.26. The predicted molar refractivity (Wildman–Crippen MR) is 74.7 cm³/mol. The molecule has 1 saturated heterocycles. The van der Waals surface area contributed by atoms with Crippen molar-refractivity contribution in [2.24, 2.45) is 0 Å². The molecule has 0 amide bonds. The van der Waals surface area contributed by atoms with E-state index in [1.807, 2.05) is 11.8 Å². The molecule has 132 valence electrons. The lowest BCUT2D eigenvalue weighted by molar-refractivity contribution is -0.131. The van der Waals surface area contributed by atoms with Gasteiger partial charge in [-0.3, -0.25) is 4.90 Å². The maximum absolute atomic E-state index is 12.4. The molecule has 1 atom stereocenters. The number of nitrogens with zero attached hydrogens (tertiary/aromatic N) is 5. The molecule has 2 aromatic heterocycles. The number of hydrogen-bond acceptors (Lipinski definition) is 7. The fourth-order valence-electron chi connectivity index (χ4n) is 2.77. The minimum absolute atomic E-state index is 0.212. The second-order valence-electron chi connectivity index (χ2n) is 5.75. The molecule has 1 fully saturated rings. The van der Waals surface area contributed by atoms with Crippen molar-refractivity contribution in [2.75, 3.05) is 6.54 Å². The Labute approximate surface area is 136 Å². The van der Waals surface area contributed by atoms with E-state index >= 15 is 0 Å². The Morgan fingerprint density at radius 1 is 1.04 bits per heavy atom. The smallest absolute Gasteiger partial charge is 0.397 e. The Morgan fingerprint density at radius 3 is 2.50 bits per heavy atom. The predicted octanol–water partition coefficient (Wildman–Crippen LogP) is 2.85. The van der Waals surface area contributed by atoms with E-state index in [2.05, 4.69) is 20.4 Å². The summed E-state index contributed by atoms with van der Waals surface area (Å²) in [7, 11) is 0. The van der Waals surface area contributed by atoms with E-state index in [1.54, 1.807) is 0 Å². The molecule has 0 spiro atoms. The summed E-state index contributed by atoms with van der Waals surface area (Å²) >= 11 is 0. The molecule has 10 heteroatoms. The van der Waals surface area contributed by atoms with E-state index in [0.29, 0.717) is 24.7 Å². The summed E-state index contributed by atoms with van der Waals surface area (Å²) in [5.41, 5.74) is 0. The van der Waals surface area contributed by atoms with Crippen LogP contribution in [0.5, 0.6) is 0 Å². The van der Waals surface area contributed by atoms with Gasteiger partial charge in [-0.1, -0.05) is 13.3 Å². The van der Waals surface area contributed by atoms with Gasteiger partial charge in [-0.25, -0.2) is 0 Å². The number of piperidine rings is 1. The maximum atomic E-state index is 12.4. The third-order valence-corrected chi connectivity index (χ3v) is 3.88. The molecule has 0 radical (unpaired) electrons. The number of alkyl halides is 3. The Kier molecular flexibility index (Phi) is 4.83. The fraction of sp³-hybridized carbons (Fsp3) is 0.714. The Bertz CT molecular complexity index is 669. The highest BCUT2D eigenvalue weighted by atomic mass is 19.4. The van der Waals surface area contributed by atoms with E-state index in [9.17, 15) is 13.2 Å². The van der Waals surface area contributed by atoms with Crippen LogP contribution < -0.4 is 0 Å². The fourth-order valence-corrected chi connectivity index (χ4v) is 2.77. The van der Waals surface area contributed by atoms with Crippen LogP contribution in [0.3, 0.4) is 0 Å². The van der Waals surface area contributed by atoms with Crippen LogP contribution in [-0.4, -0.2) is 38.0 Å². The highest BCUT2D eigenvalue weighted by Gasteiger charge is 2.34. The van der Waals surface area contributed by atoms with Gasteiger partial charge in [-0.2, -0.15) is 13.2 Å². The number of aromatic nitrogens is 4. The lowest BCUT2D eigenvalue weighted by Gasteiger charge is -2.32. The lowest BCUT2D eigenvalue weighted by Crippen LogP contribution is -2.33. The second-order valence-corrected chi connectivity index (χ2v) is 5.75. The topological polar surface area (TPSA) is 81.1 Å². The molecule has 7 nitrogen and oxygen atoms in total. The van der Waals surface area contributed by atoms with Crippen LogP contribution >= 0.6 is 0 Å². The number of aryl methyl sites for hydroxylation is 1. The Balaban J connectivity index is 1.72. The van der Waals surface area contributed by atoms with Crippen molar-refractivity contribution in [3.63, 3.8) is 0 Å². The molecule has 0 N–H and O–H groups in total. The quantitative estimate of drug-likeness (QED) is 0.824. The Hall–Kier alpha value is -1.97. The maximum Gasteiger partial charge on any atom is 0.397 e. The minimum Gasteiger partial charge on any atom is -0.424 e. The van der Waals surface area contributed by atoms with Gasteiger partial charge in [0, 0.05) is 6.42 Å². The molecule has 0 unspecified atom stereocenters. The van der Waals surface area contributed by atoms with Crippen molar-refractivity contribution < 1.29 is 22.0 Å². The molecule has 0 bridgehead atoms. The molecule has 0 aliphatic carbocycles. The highest BCUT2D eigenvalue weighted by Crippen LogP contribution is 2.32. The molecular formula is C14H18F3N5O2. The number of likely N-dealkylation sites (tertiary alicyclic amines) is 1. The summed E-state index contributed by atoms with van der Waals surface area (Å²) in [4.78, 5) is 2.03. The number of rotatable bonds is 5. The van der Waals surface area contributed by atoms with Crippen LogP contribution in [0.2, 0.25) is 0 Å². The van der Waals surface area contributed by atoms with Crippen LogP contribution in [0.15, 0.2) is 8.83 Å². The van der Waals surface area contributed by atoms with Crippen molar-refractivity contribution in [2.45, 2.75) is 57.8 Å². The monoisotopic (exact) mass is 345 g/mol. The van der Waals surface area contributed by atoms with Crippen LogP contribution in [-0.2, 0) is 19.4 Å². The lowest BCUT2D eigenvalue weighted by atomic mass is 10.0. The minimum atomic E-state index is -4.36. The molecule has 24 heavy (non-hydrogen) atoms. The first-order valence-corrected chi connectivity index (χ1v) is 7.89. The standard InChI is InChI=1S/C14H18F3N5O2/c1-2-10-18-20-12(23-10)8-22-6-4-3-5-9(22)13-21-19-11(24-13)7-14(15,16)17/h9H,2-8H2,1H3/t9-/m1/s1. The zero-order chi connectivity index (χ0) is 17.2. The van der Waals surface area contributed by atoms with Crippen molar-refractivity contribution in [3.05, 3.63) is 23.6 Å². The summed E-state index contributed by atoms with van der Waals surface area (Å²) in [5.74, 6) is 0.843. The van der Waals surface area contributed by atoms with E-state index < -0.39 is 18.5 Å². The van der Waals surface area contributed by atoms with Gasteiger partial charge in [0.15, 0.2) is 0 Å². The summed E-state index contributed by atoms with van der Waals surface area (Å²) in [6.45, 7) is 3.09. The van der Waals surface area contributed by atoms with Gasteiger partial charge < -0.3 is 8.83 Å². The third-order valence-electron chi connectivity index (χ3n) is 3.88. The third kappa shape index (κ3) is 4.11. The molecular weight excluding hydrogens is 327 g/mol. The molecule has 0 aromatic carbocycles. The van der Waals surface area contributed by atoms with Crippen molar-refractivity contribution >= 4 is 0 Å². The van der Waals surface area contributed by atoms with Crippen LogP contribution in [0.1, 0.15) is 55.8 Å². The Morgan fingerprint density at radius 2 is 1.79 bits per heavy atom. The summed E-state index contributed by atoms with van der Waals surface area (Å²) in [6, 6.07) is -0.231. The van der Waals surface area contributed by atoms with Crippen LogP contribution in [0, 0.1) is 0 Å². The molecule has 3 rings (SSSR count). The van der Waals surface area contributed by atoms with Gasteiger partial charge in [-0.15, -0.1) is 20.4 Å². The zero-order valence-corrected chi connectivity index (χ0v) is 13.2. The SMILES string of the molecule is CCc1nnc(CN2CCCC[C@@H]2c2nnc(CC(F)(F)F)o2)o1. The second kappa shape index (κ2) is 6.88. The number of halogens is 3. The van der Waals surface area contributed by atoms with Gasteiger partial charge in [0.2, 0.25) is 23.6 Å². The van der Waals surface area contributed by atoms with Gasteiger partial charge in [-0.05, 0) is 19.4 Å². The first kappa shape index (κ1) is 16.9. The molecule has 0 saturated carbocycles. The van der Waals surface area contributed by atoms with Gasteiger partial charge >= 0.3 is 6.18 Å². The van der Waals surface area contributed by atoms with Gasteiger partial charge in [0.25, 0.3) is 0 Å². The largest absolute Gasteiger partial charge is 0.424 e. The average molecular weight is 345 g/mol. The van der Waals surface area contributed by atoms with Crippen LogP contribution in [0.4, 0.5) is 13.2 Å². The first-order valence-electron chi connectivity index (χ1n) is 7.89. The molecule has 2 aromatic rings. The van der Waals surface area contributed by atoms with E-state index in [4.69, 9.17) is 8.83 Å². The van der Waals surface area contributed by atoms with E-state index in [1.165, 1.54) is 0 Å². The highest BCUT2D eigenvalue weighted by molar-refractivity contribution is 4.95. The average Bonchev–Trinajstić information content (AvgIpc) is 3.15. The molecule has 3 heterocycles. The molecule has 1 aliphatic heterocycles. The first-order chi connectivity index (χ1) is 11.4. The number of hydrogen-bond donors (Lipinski definition) is 0. The van der Waals surface area contributed by atoms with Crippen molar-refractivity contribution in [3.8, 4) is 0 Å². The van der Waals surface area contributed by atoms with Crippen molar-refractivity contribution in [1.82, 2.24) is 25.3 Å². The summed E-state index contributed by atoms with van der Waals surface area (Å²) in [5, 5.41) is 15.2.